The maximum Gasteiger partial charge on any atom is 0.251 e. The number of aromatic nitrogens is 1. The average Bonchev–Trinajstić information content (AvgIpc) is 2.62. The van der Waals surface area contributed by atoms with E-state index in [-0.39, 0.29) is 10.1 Å². The van der Waals surface area contributed by atoms with Crippen LogP contribution in [0.25, 0.3) is 0 Å². The van der Waals surface area contributed by atoms with Gasteiger partial charge >= 0.3 is 0 Å². The first-order chi connectivity index (χ1) is 6.95. The molecule has 0 saturated heterocycles. The SMILES string of the molecule is Cc1ncc(S(=O)(=O)NCC(C)CBr)s1. The van der Waals surface area contributed by atoms with Crippen molar-refractivity contribution < 1.29 is 8.42 Å². The van der Waals surface area contributed by atoms with Crippen LogP contribution in [0.1, 0.15) is 11.9 Å². The number of nitrogens with zero attached hydrogens (tertiary/aromatic N) is 1. The maximum absolute atomic E-state index is 11.7. The van der Waals surface area contributed by atoms with E-state index in [4.69, 9.17) is 0 Å². The molecule has 0 aliphatic carbocycles. The highest BCUT2D eigenvalue weighted by Crippen LogP contribution is 2.17. The lowest BCUT2D eigenvalue weighted by Gasteiger charge is -2.08. The summed E-state index contributed by atoms with van der Waals surface area (Å²) in [7, 11) is -3.36. The van der Waals surface area contributed by atoms with Crippen LogP contribution in [-0.2, 0) is 10.0 Å². The van der Waals surface area contributed by atoms with Crippen LogP contribution in [-0.4, -0.2) is 25.3 Å². The van der Waals surface area contributed by atoms with Crippen molar-refractivity contribution in [2.75, 3.05) is 11.9 Å². The van der Waals surface area contributed by atoms with E-state index in [1.54, 1.807) is 6.92 Å². The molecule has 1 unspecified atom stereocenters. The molecule has 1 N–H and O–H groups in total. The predicted octanol–water partition coefficient (Wildman–Crippen LogP) is 1.76. The highest BCUT2D eigenvalue weighted by atomic mass is 79.9. The molecule has 15 heavy (non-hydrogen) atoms. The molecular formula is C8H13BrN2O2S2. The van der Waals surface area contributed by atoms with E-state index in [2.05, 4.69) is 25.6 Å². The second-order valence-corrected chi connectivity index (χ2v) is 7.19. The highest BCUT2D eigenvalue weighted by Gasteiger charge is 2.17. The number of hydrogen-bond donors (Lipinski definition) is 1. The molecule has 0 aliphatic heterocycles. The Hall–Kier alpha value is 0.0200. The third kappa shape index (κ3) is 3.82. The lowest BCUT2D eigenvalue weighted by molar-refractivity contribution is 0.565. The van der Waals surface area contributed by atoms with Gasteiger partial charge in [0.15, 0.2) is 4.21 Å². The second kappa shape index (κ2) is 5.38. The Balaban J connectivity index is 2.68. The summed E-state index contributed by atoms with van der Waals surface area (Å²) in [5.74, 6) is 0.272. The van der Waals surface area contributed by atoms with Gasteiger partial charge < -0.3 is 0 Å². The van der Waals surface area contributed by atoms with Crippen molar-refractivity contribution in [1.29, 1.82) is 0 Å². The molecule has 86 valence electrons. The number of nitrogens with one attached hydrogen (secondary N) is 1. The molecule has 0 aliphatic rings. The summed E-state index contributed by atoms with van der Waals surface area (Å²) >= 11 is 4.48. The molecule has 1 aromatic rings. The minimum atomic E-state index is -3.36. The fourth-order valence-electron chi connectivity index (χ4n) is 0.844. The van der Waals surface area contributed by atoms with Gasteiger partial charge in [-0.25, -0.2) is 18.1 Å². The van der Waals surface area contributed by atoms with Gasteiger partial charge in [0, 0.05) is 11.9 Å². The average molecular weight is 313 g/mol. The van der Waals surface area contributed by atoms with Gasteiger partial charge in [-0.2, -0.15) is 0 Å². The largest absolute Gasteiger partial charge is 0.251 e. The molecule has 0 saturated carbocycles. The van der Waals surface area contributed by atoms with Crippen molar-refractivity contribution in [3.8, 4) is 0 Å². The second-order valence-electron chi connectivity index (χ2n) is 3.31. The molecule has 0 spiro atoms. The van der Waals surface area contributed by atoms with Gasteiger partial charge in [0.05, 0.1) is 11.2 Å². The first-order valence-electron chi connectivity index (χ1n) is 4.43. The maximum atomic E-state index is 11.7. The van der Waals surface area contributed by atoms with Gasteiger partial charge in [0.1, 0.15) is 0 Å². The Labute approximate surface area is 102 Å². The molecule has 4 nitrogen and oxygen atoms in total. The Kier molecular flexibility index (Phi) is 4.69. The van der Waals surface area contributed by atoms with Crippen molar-refractivity contribution in [2.24, 2.45) is 5.92 Å². The van der Waals surface area contributed by atoms with Crippen molar-refractivity contribution >= 4 is 37.3 Å². The van der Waals surface area contributed by atoms with Crippen LogP contribution in [0.3, 0.4) is 0 Å². The number of hydrogen-bond acceptors (Lipinski definition) is 4. The third-order valence-electron chi connectivity index (χ3n) is 1.75. The number of rotatable bonds is 5. The number of sulfonamides is 1. The van der Waals surface area contributed by atoms with E-state index >= 15 is 0 Å². The van der Waals surface area contributed by atoms with E-state index < -0.39 is 10.0 Å². The molecule has 0 amide bonds. The summed E-state index contributed by atoms with van der Waals surface area (Å²) < 4.78 is 26.3. The normalized spacial score (nSPS) is 14.1. The monoisotopic (exact) mass is 312 g/mol. The summed E-state index contributed by atoms with van der Waals surface area (Å²) in [6.45, 7) is 4.19. The van der Waals surface area contributed by atoms with E-state index in [1.165, 1.54) is 17.5 Å². The van der Waals surface area contributed by atoms with Crippen molar-refractivity contribution in [3.05, 3.63) is 11.2 Å². The summed E-state index contributed by atoms with van der Waals surface area (Å²) in [4.78, 5) is 3.92. The van der Waals surface area contributed by atoms with Crippen LogP contribution < -0.4 is 4.72 Å². The van der Waals surface area contributed by atoms with Crippen LogP contribution in [0.4, 0.5) is 0 Å². The fourth-order valence-corrected chi connectivity index (χ4v) is 3.39. The lowest BCUT2D eigenvalue weighted by Crippen LogP contribution is -2.28. The molecule has 1 heterocycles. The van der Waals surface area contributed by atoms with E-state index in [0.717, 1.165) is 10.3 Å². The molecule has 1 rings (SSSR count). The lowest BCUT2D eigenvalue weighted by atomic mass is 10.2. The van der Waals surface area contributed by atoms with Gasteiger partial charge in [-0.3, -0.25) is 0 Å². The standard InChI is InChI=1S/C8H13BrN2O2S2/c1-6(3-9)4-11-15(12,13)8-5-10-7(2)14-8/h5-6,11H,3-4H2,1-2H3. The van der Waals surface area contributed by atoms with E-state index in [9.17, 15) is 8.42 Å². The van der Waals surface area contributed by atoms with Crippen LogP contribution in [0.5, 0.6) is 0 Å². The minimum absolute atomic E-state index is 0.272. The Morgan fingerprint density at radius 2 is 2.33 bits per heavy atom. The van der Waals surface area contributed by atoms with E-state index in [1.807, 2.05) is 6.92 Å². The Bertz CT molecular complexity index is 416. The van der Waals surface area contributed by atoms with E-state index in [0.29, 0.717) is 6.54 Å². The predicted molar refractivity (Wildman–Crippen MR) is 65.0 cm³/mol. The number of aryl methyl sites for hydroxylation is 1. The molecule has 0 aromatic carbocycles. The summed E-state index contributed by atoms with van der Waals surface area (Å²) in [5.41, 5.74) is 0. The van der Waals surface area contributed by atoms with Crippen LogP contribution >= 0.6 is 27.3 Å². The molecular weight excluding hydrogens is 300 g/mol. The van der Waals surface area contributed by atoms with Crippen LogP contribution in [0, 0.1) is 12.8 Å². The highest BCUT2D eigenvalue weighted by molar-refractivity contribution is 9.09. The summed E-state index contributed by atoms with van der Waals surface area (Å²) in [6.07, 6.45) is 1.39. The topological polar surface area (TPSA) is 59.1 Å². The van der Waals surface area contributed by atoms with Crippen molar-refractivity contribution in [2.45, 2.75) is 18.1 Å². The molecule has 0 fully saturated rings. The molecule has 1 atom stereocenters. The summed E-state index contributed by atoms with van der Waals surface area (Å²) in [6, 6.07) is 0. The number of thiazole rings is 1. The zero-order chi connectivity index (χ0) is 11.5. The van der Waals surface area contributed by atoms with Gasteiger partial charge in [-0.15, -0.1) is 11.3 Å². The zero-order valence-electron chi connectivity index (χ0n) is 8.53. The molecule has 0 bridgehead atoms. The first-order valence-corrected chi connectivity index (χ1v) is 7.86. The summed E-state index contributed by atoms with van der Waals surface area (Å²) in [5, 5.41) is 1.53. The third-order valence-corrected chi connectivity index (χ3v) is 5.65. The minimum Gasteiger partial charge on any atom is -0.249 e. The molecule has 1 aromatic heterocycles. The van der Waals surface area contributed by atoms with Crippen LogP contribution in [0.2, 0.25) is 0 Å². The van der Waals surface area contributed by atoms with Gasteiger partial charge in [0.25, 0.3) is 10.0 Å². The smallest absolute Gasteiger partial charge is 0.249 e. The van der Waals surface area contributed by atoms with Crippen molar-refractivity contribution in [3.63, 3.8) is 0 Å². The van der Waals surface area contributed by atoms with Crippen LogP contribution in [0.15, 0.2) is 10.4 Å². The van der Waals surface area contributed by atoms with Crippen molar-refractivity contribution in [1.82, 2.24) is 9.71 Å². The molecule has 7 heteroatoms. The number of halogens is 1. The number of alkyl halides is 1. The van der Waals surface area contributed by atoms with Gasteiger partial charge in [-0.05, 0) is 12.8 Å². The zero-order valence-corrected chi connectivity index (χ0v) is 11.7. The molecule has 0 radical (unpaired) electrons. The Morgan fingerprint density at radius 1 is 1.67 bits per heavy atom. The van der Waals surface area contributed by atoms with Gasteiger partial charge in [0.2, 0.25) is 0 Å². The van der Waals surface area contributed by atoms with Gasteiger partial charge in [-0.1, -0.05) is 22.9 Å². The quantitative estimate of drug-likeness (QED) is 0.843. The fraction of sp³-hybridized carbons (Fsp3) is 0.625. The Morgan fingerprint density at radius 3 is 2.80 bits per heavy atom. The first kappa shape index (κ1) is 13.1.